The summed E-state index contributed by atoms with van der Waals surface area (Å²) >= 11 is 3.25. The van der Waals surface area contributed by atoms with Crippen molar-refractivity contribution in [2.75, 3.05) is 0 Å². The predicted molar refractivity (Wildman–Crippen MR) is 64.6 cm³/mol. The standard InChI is InChI=1S/C10H6BrN3O3/c11-7-1-3-9(12-5-7)13-6-8-2-4-10(17-8)14(15)16/h1-6H. The van der Waals surface area contributed by atoms with Gasteiger partial charge in [-0.3, -0.25) is 10.1 Å². The second-order valence-electron chi connectivity index (χ2n) is 3.03. The van der Waals surface area contributed by atoms with E-state index in [1.807, 2.05) is 0 Å². The lowest BCUT2D eigenvalue weighted by molar-refractivity contribution is -0.402. The molecule has 0 fully saturated rings. The van der Waals surface area contributed by atoms with Gasteiger partial charge in [0, 0.05) is 10.7 Å². The molecule has 0 amide bonds. The fraction of sp³-hybridized carbons (Fsp3) is 0. The van der Waals surface area contributed by atoms with E-state index in [1.165, 1.54) is 18.3 Å². The van der Waals surface area contributed by atoms with E-state index in [2.05, 4.69) is 25.9 Å². The molecule has 2 aromatic rings. The summed E-state index contributed by atoms with van der Waals surface area (Å²) in [7, 11) is 0. The first-order valence-electron chi connectivity index (χ1n) is 4.55. The fourth-order valence-electron chi connectivity index (χ4n) is 1.08. The van der Waals surface area contributed by atoms with Crippen LogP contribution in [0.15, 0.2) is 44.3 Å². The molecule has 0 aliphatic rings. The van der Waals surface area contributed by atoms with Gasteiger partial charge in [-0.15, -0.1) is 0 Å². The smallest absolute Gasteiger partial charge is 0.400 e. The molecule has 0 aliphatic heterocycles. The first-order chi connectivity index (χ1) is 8.15. The molecule has 2 rings (SSSR count). The number of halogens is 1. The topological polar surface area (TPSA) is 81.5 Å². The quantitative estimate of drug-likeness (QED) is 0.495. The number of nitro groups is 1. The van der Waals surface area contributed by atoms with E-state index in [9.17, 15) is 10.1 Å². The molecule has 0 aliphatic carbocycles. The summed E-state index contributed by atoms with van der Waals surface area (Å²) in [6, 6.07) is 6.25. The van der Waals surface area contributed by atoms with E-state index < -0.39 is 4.92 Å². The molecule has 0 saturated carbocycles. The van der Waals surface area contributed by atoms with Crippen molar-refractivity contribution in [2.45, 2.75) is 0 Å². The van der Waals surface area contributed by atoms with Gasteiger partial charge >= 0.3 is 5.88 Å². The molecule has 0 unspecified atom stereocenters. The third-order valence-electron chi connectivity index (χ3n) is 1.83. The molecule has 0 bridgehead atoms. The molecule has 0 radical (unpaired) electrons. The number of aromatic nitrogens is 1. The van der Waals surface area contributed by atoms with Gasteiger partial charge in [-0.25, -0.2) is 9.98 Å². The lowest BCUT2D eigenvalue weighted by atomic mass is 10.4. The molecule has 0 N–H and O–H groups in total. The maximum Gasteiger partial charge on any atom is 0.433 e. The molecule has 86 valence electrons. The molecule has 2 aromatic heterocycles. The first-order valence-corrected chi connectivity index (χ1v) is 5.34. The lowest BCUT2D eigenvalue weighted by Crippen LogP contribution is -1.83. The van der Waals surface area contributed by atoms with Crippen LogP contribution in [0.1, 0.15) is 5.76 Å². The van der Waals surface area contributed by atoms with Crippen LogP contribution in [0.2, 0.25) is 0 Å². The zero-order valence-electron chi connectivity index (χ0n) is 8.41. The van der Waals surface area contributed by atoms with Gasteiger partial charge in [-0.05, 0) is 34.1 Å². The molecular weight excluding hydrogens is 290 g/mol. The minimum absolute atomic E-state index is 0.307. The zero-order chi connectivity index (χ0) is 12.3. The highest BCUT2D eigenvalue weighted by Gasteiger charge is 2.10. The third kappa shape index (κ3) is 2.97. The molecule has 7 heteroatoms. The molecule has 0 aromatic carbocycles. The minimum Gasteiger partial charge on any atom is -0.400 e. The normalized spacial score (nSPS) is 10.9. The predicted octanol–water partition coefficient (Wildman–Crippen LogP) is 3.10. The van der Waals surface area contributed by atoms with Crippen molar-refractivity contribution < 1.29 is 9.34 Å². The first kappa shape index (κ1) is 11.5. The van der Waals surface area contributed by atoms with Gasteiger partial charge in [0.15, 0.2) is 11.6 Å². The van der Waals surface area contributed by atoms with Gasteiger partial charge in [0.25, 0.3) is 0 Å². The lowest BCUT2D eigenvalue weighted by Gasteiger charge is -1.91. The summed E-state index contributed by atoms with van der Waals surface area (Å²) in [6.07, 6.45) is 2.99. The summed E-state index contributed by atoms with van der Waals surface area (Å²) in [6.45, 7) is 0. The van der Waals surface area contributed by atoms with Crippen molar-refractivity contribution in [1.29, 1.82) is 0 Å². The van der Waals surface area contributed by atoms with Crippen LogP contribution < -0.4 is 0 Å². The number of pyridine rings is 1. The maximum atomic E-state index is 10.4. The largest absolute Gasteiger partial charge is 0.433 e. The third-order valence-corrected chi connectivity index (χ3v) is 2.30. The Morgan fingerprint density at radius 3 is 2.82 bits per heavy atom. The average molecular weight is 296 g/mol. The molecule has 17 heavy (non-hydrogen) atoms. The van der Waals surface area contributed by atoms with Crippen LogP contribution in [-0.2, 0) is 0 Å². The SMILES string of the molecule is O=[N+]([O-])c1ccc(C=Nc2ccc(Br)cn2)o1. The Morgan fingerprint density at radius 1 is 1.41 bits per heavy atom. The van der Waals surface area contributed by atoms with Crippen LogP contribution in [0.4, 0.5) is 11.7 Å². The van der Waals surface area contributed by atoms with Crippen LogP contribution in [0, 0.1) is 10.1 Å². The molecule has 6 nitrogen and oxygen atoms in total. The molecule has 0 spiro atoms. The van der Waals surface area contributed by atoms with Crippen molar-refractivity contribution in [1.82, 2.24) is 4.98 Å². The number of nitrogens with zero attached hydrogens (tertiary/aromatic N) is 3. The Kier molecular flexibility index (Phi) is 3.29. The van der Waals surface area contributed by atoms with Crippen molar-refractivity contribution in [3.63, 3.8) is 0 Å². The molecule has 0 atom stereocenters. The van der Waals surface area contributed by atoms with E-state index in [4.69, 9.17) is 4.42 Å². The summed E-state index contributed by atoms with van der Waals surface area (Å²) in [5.41, 5.74) is 0. The van der Waals surface area contributed by atoms with Crippen LogP contribution in [0.5, 0.6) is 0 Å². The Balaban J connectivity index is 2.14. The van der Waals surface area contributed by atoms with Gasteiger partial charge in [0.1, 0.15) is 4.92 Å². The average Bonchev–Trinajstić information content (AvgIpc) is 2.77. The zero-order valence-corrected chi connectivity index (χ0v) is 9.99. The fourth-order valence-corrected chi connectivity index (χ4v) is 1.32. The van der Waals surface area contributed by atoms with Crippen LogP contribution >= 0.6 is 15.9 Å². The van der Waals surface area contributed by atoms with Gasteiger partial charge < -0.3 is 4.42 Å². The van der Waals surface area contributed by atoms with Gasteiger partial charge in [0.05, 0.1) is 12.3 Å². The van der Waals surface area contributed by atoms with Crippen molar-refractivity contribution in [3.8, 4) is 0 Å². The van der Waals surface area contributed by atoms with E-state index in [1.54, 1.807) is 18.3 Å². The maximum absolute atomic E-state index is 10.4. The Hall–Kier alpha value is -2.02. The monoisotopic (exact) mass is 295 g/mol. The Morgan fingerprint density at radius 2 is 2.24 bits per heavy atom. The second kappa shape index (κ2) is 4.88. The Labute approximate surface area is 104 Å². The highest BCUT2D eigenvalue weighted by Crippen LogP contribution is 2.16. The van der Waals surface area contributed by atoms with E-state index in [-0.39, 0.29) is 5.88 Å². The minimum atomic E-state index is -0.602. The number of rotatable bonds is 3. The number of hydrogen-bond donors (Lipinski definition) is 0. The summed E-state index contributed by atoms with van der Waals surface area (Å²) < 4.78 is 5.76. The van der Waals surface area contributed by atoms with Gasteiger partial charge in [0.2, 0.25) is 0 Å². The van der Waals surface area contributed by atoms with Crippen LogP contribution in [-0.4, -0.2) is 16.1 Å². The molecule has 0 saturated heterocycles. The van der Waals surface area contributed by atoms with Crippen molar-refractivity contribution >= 4 is 33.8 Å². The number of aliphatic imine (C=N–C) groups is 1. The van der Waals surface area contributed by atoms with Crippen LogP contribution in [0.25, 0.3) is 0 Å². The van der Waals surface area contributed by atoms with E-state index >= 15 is 0 Å². The van der Waals surface area contributed by atoms with Crippen LogP contribution in [0.3, 0.4) is 0 Å². The summed E-state index contributed by atoms with van der Waals surface area (Å²) in [5.74, 6) is 0.490. The van der Waals surface area contributed by atoms with Gasteiger partial charge in [-0.1, -0.05) is 0 Å². The van der Waals surface area contributed by atoms with E-state index in [0.29, 0.717) is 11.6 Å². The highest BCUT2D eigenvalue weighted by atomic mass is 79.9. The van der Waals surface area contributed by atoms with Crippen molar-refractivity contribution in [2.24, 2.45) is 4.99 Å². The van der Waals surface area contributed by atoms with Crippen molar-refractivity contribution in [3.05, 3.63) is 50.8 Å². The number of hydrogen-bond acceptors (Lipinski definition) is 5. The Bertz CT molecular complexity index is 562. The van der Waals surface area contributed by atoms with E-state index in [0.717, 1.165) is 4.47 Å². The second-order valence-corrected chi connectivity index (χ2v) is 3.94. The number of furan rings is 1. The summed E-state index contributed by atoms with van der Waals surface area (Å²) in [4.78, 5) is 17.8. The molecule has 2 heterocycles. The van der Waals surface area contributed by atoms with Gasteiger partial charge in [-0.2, -0.15) is 0 Å². The highest BCUT2D eigenvalue weighted by molar-refractivity contribution is 9.10. The molecular formula is C10H6BrN3O3. The summed E-state index contributed by atoms with van der Waals surface area (Å²) in [5, 5.41) is 10.4.